The number of sulfonamides is 1. The second-order valence-corrected chi connectivity index (χ2v) is 8.85. The lowest BCUT2D eigenvalue weighted by atomic mass is 9.94. The van der Waals surface area contributed by atoms with Crippen LogP contribution in [0.25, 0.3) is 0 Å². The molecule has 0 saturated carbocycles. The van der Waals surface area contributed by atoms with Crippen LogP contribution >= 0.6 is 0 Å². The molecule has 0 atom stereocenters. The number of rotatable bonds is 5. The molecule has 6 heteroatoms. The van der Waals surface area contributed by atoms with Crippen molar-refractivity contribution in [1.29, 1.82) is 0 Å². The molecule has 0 N–H and O–H groups in total. The molecule has 2 saturated heterocycles. The molecule has 21 heavy (non-hydrogen) atoms. The van der Waals surface area contributed by atoms with Gasteiger partial charge >= 0.3 is 0 Å². The summed E-state index contributed by atoms with van der Waals surface area (Å²) in [5.41, 5.74) is 0. The van der Waals surface area contributed by atoms with Gasteiger partial charge in [0.25, 0.3) is 0 Å². The quantitative estimate of drug-likeness (QED) is 0.761. The van der Waals surface area contributed by atoms with Gasteiger partial charge in [0.05, 0.1) is 6.26 Å². The molecule has 0 spiro atoms. The highest BCUT2D eigenvalue weighted by molar-refractivity contribution is 7.88. The predicted molar refractivity (Wildman–Crippen MR) is 86.9 cm³/mol. The SMILES string of the molecule is CC(C)N1CCN(CCC2CCN(S(C)(=O)=O)CC2)CC1. The molecule has 2 aliphatic rings. The van der Waals surface area contributed by atoms with Crippen LogP contribution in [0.15, 0.2) is 0 Å². The average Bonchev–Trinajstić information content (AvgIpc) is 2.45. The van der Waals surface area contributed by atoms with Gasteiger partial charge in [0.2, 0.25) is 10.0 Å². The Morgan fingerprint density at radius 1 is 1.00 bits per heavy atom. The average molecular weight is 317 g/mol. The summed E-state index contributed by atoms with van der Waals surface area (Å²) < 4.78 is 24.6. The maximum atomic E-state index is 11.5. The summed E-state index contributed by atoms with van der Waals surface area (Å²) in [7, 11) is -2.98. The van der Waals surface area contributed by atoms with Crippen LogP contribution in [0.2, 0.25) is 0 Å². The normalized spacial score (nSPS) is 24.8. The summed E-state index contributed by atoms with van der Waals surface area (Å²) in [6.07, 6.45) is 4.60. The van der Waals surface area contributed by atoms with Crippen molar-refractivity contribution in [3.05, 3.63) is 0 Å². The van der Waals surface area contributed by atoms with Crippen LogP contribution in [0.5, 0.6) is 0 Å². The maximum absolute atomic E-state index is 11.5. The molecule has 0 unspecified atom stereocenters. The molecule has 0 aliphatic carbocycles. The van der Waals surface area contributed by atoms with E-state index < -0.39 is 10.0 Å². The minimum atomic E-state index is -2.98. The van der Waals surface area contributed by atoms with Gasteiger partial charge in [-0.2, -0.15) is 0 Å². The monoisotopic (exact) mass is 317 g/mol. The van der Waals surface area contributed by atoms with Gasteiger partial charge in [0, 0.05) is 45.3 Å². The van der Waals surface area contributed by atoms with Crippen molar-refractivity contribution >= 4 is 10.0 Å². The van der Waals surface area contributed by atoms with Crippen molar-refractivity contribution in [2.45, 2.75) is 39.2 Å². The Kier molecular flexibility index (Phi) is 6.05. The molecule has 5 nitrogen and oxygen atoms in total. The minimum absolute atomic E-state index is 0.660. The third-order valence-corrected chi connectivity index (χ3v) is 6.34. The lowest BCUT2D eigenvalue weighted by Crippen LogP contribution is -2.49. The molecule has 124 valence electrons. The molecule has 0 aromatic carbocycles. The van der Waals surface area contributed by atoms with E-state index in [1.807, 2.05) is 0 Å². The Balaban J connectivity index is 1.65. The molecule has 2 rings (SSSR count). The van der Waals surface area contributed by atoms with E-state index in [-0.39, 0.29) is 0 Å². The third-order valence-electron chi connectivity index (χ3n) is 5.03. The Morgan fingerprint density at radius 3 is 2.05 bits per heavy atom. The fourth-order valence-corrected chi connectivity index (χ4v) is 4.27. The lowest BCUT2D eigenvalue weighted by Gasteiger charge is -2.38. The first-order valence-electron chi connectivity index (χ1n) is 8.28. The van der Waals surface area contributed by atoms with Gasteiger partial charge in [0.15, 0.2) is 0 Å². The van der Waals surface area contributed by atoms with E-state index in [0.717, 1.165) is 12.8 Å². The van der Waals surface area contributed by atoms with Crippen molar-refractivity contribution in [2.24, 2.45) is 5.92 Å². The van der Waals surface area contributed by atoms with Crippen LogP contribution in [-0.2, 0) is 10.0 Å². The summed E-state index contributed by atoms with van der Waals surface area (Å²) in [6.45, 7) is 11.9. The molecule has 0 radical (unpaired) electrons. The van der Waals surface area contributed by atoms with E-state index in [1.54, 1.807) is 4.31 Å². The molecule has 0 aromatic heterocycles. The van der Waals surface area contributed by atoms with Crippen LogP contribution in [-0.4, -0.2) is 80.6 Å². The zero-order valence-corrected chi connectivity index (χ0v) is 14.6. The van der Waals surface area contributed by atoms with Crippen molar-refractivity contribution in [2.75, 3.05) is 52.1 Å². The second-order valence-electron chi connectivity index (χ2n) is 6.87. The molecule has 2 heterocycles. The summed E-state index contributed by atoms with van der Waals surface area (Å²) >= 11 is 0. The first-order chi connectivity index (χ1) is 9.86. The molecule has 2 aliphatic heterocycles. The van der Waals surface area contributed by atoms with E-state index in [4.69, 9.17) is 0 Å². The van der Waals surface area contributed by atoms with Crippen molar-refractivity contribution < 1.29 is 8.42 Å². The van der Waals surface area contributed by atoms with E-state index in [9.17, 15) is 8.42 Å². The highest BCUT2D eigenvalue weighted by atomic mass is 32.2. The van der Waals surface area contributed by atoms with E-state index in [1.165, 1.54) is 45.4 Å². The first kappa shape index (κ1) is 17.2. The zero-order valence-electron chi connectivity index (χ0n) is 13.8. The van der Waals surface area contributed by atoms with E-state index >= 15 is 0 Å². The number of hydrogen-bond acceptors (Lipinski definition) is 4. The van der Waals surface area contributed by atoms with Gasteiger partial charge in [-0.25, -0.2) is 12.7 Å². The Labute approximate surface area is 130 Å². The summed E-state index contributed by atoms with van der Waals surface area (Å²) in [6, 6.07) is 0.660. The van der Waals surface area contributed by atoms with Gasteiger partial charge < -0.3 is 4.90 Å². The number of piperazine rings is 1. The maximum Gasteiger partial charge on any atom is 0.211 e. The Bertz CT molecular complexity index is 409. The second kappa shape index (κ2) is 7.40. The molecule has 0 amide bonds. The van der Waals surface area contributed by atoms with Crippen LogP contribution in [0.4, 0.5) is 0 Å². The summed E-state index contributed by atoms with van der Waals surface area (Å²) in [4.78, 5) is 5.11. The number of hydrogen-bond donors (Lipinski definition) is 0. The number of nitrogens with zero attached hydrogens (tertiary/aromatic N) is 3. The molecular weight excluding hydrogens is 286 g/mol. The Hall–Kier alpha value is -0.170. The van der Waals surface area contributed by atoms with Gasteiger partial charge in [-0.1, -0.05) is 0 Å². The fourth-order valence-electron chi connectivity index (χ4n) is 3.40. The summed E-state index contributed by atoms with van der Waals surface area (Å²) in [5.74, 6) is 0.700. The fraction of sp³-hybridized carbons (Fsp3) is 1.00. The highest BCUT2D eigenvalue weighted by Crippen LogP contribution is 2.22. The van der Waals surface area contributed by atoms with Gasteiger partial charge in [-0.05, 0) is 45.6 Å². The first-order valence-corrected chi connectivity index (χ1v) is 10.1. The van der Waals surface area contributed by atoms with Crippen LogP contribution < -0.4 is 0 Å². The standard InChI is InChI=1S/C15H31N3O2S/c1-14(2)17-12-10-16(11-13-17)7-4-15-5-8-18(9-6-15)21(3,19)20/h14-15H,4-13H2,1-3H3. The van der Waals surface area contributed by atoms with Crippen molar-refractivity contribution in [1.82, 2.24) is 14.1 Å². The molecular formula is C15H31N3O2S. The van der Waals surface area contributed by atoms with Crippen LogP contribution in [0.3, 0.4) is 0 Å². The van der Waals surface area contributed by atoms with Gasteiger partial charge in [-0.3, -0.25) is 4.90 Å². The predicted octanol–water partition coefficient (Wildman–Crippen LogP) is 1.07. The van der Waals surface area contributed by atoms with Crippen LogP contribution in [0, 0.1) is 5.92 Å². The Morgan fingerprint density at radius 2 is 1.57 bits per heavy atom. The zero-order chi connectivity index (χ0) is 15.5. The van der Waals surface area contributed by atoms with Crippen molar-refractivity contribution in [3.8, 4) is 0 Å². The lowest BCUT2D eigenvalue weighted by molar-refractivity contribution is 0.101. The molecule has 0 aromatic rings. The smallest absolute Gasteiger partial charge is 0.211 e. The van der Waals surface area contributed by atoms with Gasteiger partial charge in [0.1, 0.15) is 0 Å². The highest BCUT2D eigenvalue weighted by Gasteiger charge is 2.25. The molecule has 0 bridgehead atoms. The third kappa shape index (κ3) is 5.20. The molecule has 2 fully saturated rings. The number of piperidine rings is 1. The van der Waals surface area contributed by atoms with Gasteiger partial charge in [-0.15, -0.1) is 0 Å². The van der Waals surface area contributed by atoms with Crippen LogP contribution in [0.1, 0.15) is 33.1 Å². The topological polar surface area (TPSA) is 43.9 Å². The largest absolute Gasteiger partial charge is 0.301 e. The minimum Gasteiger partial charge on any atom is -0.301 e. The van der Waals surface area contributed by atoms with E-state index in [2.05, 4.69) is 23.6 Å². The van der Waals surface area contributed by atoms with E-state index in [0.29, 0.717) is 25.0 Å². The summed E-state index contributed by atoms with van der Waals surface area (Å²) in [5, 5.41) is 0. The van der Waals surface area contributed by atoms with Crippen molar-refractivity contribution in [3.63, 3.8) is 0 Å².